The second kappa shape index (κ2) is 6.84. The quantitative estimate of drug-likeness (QED) is 0.484. The average Bonchev–Trinajstić information content (AvgIpc) is 2.37. The smallest absolute Gasteiger partial charge is 0.307 e. The van der Waals surface area contributed by atoms with Crippen molar-refractivity contribution in [1.82, 2.24) is 5.32 Å². The summed E-state index contributed by atoms with van der Waals surface area (Å²) in [6.07, 6.45) is 0.197. The number of esters is 1. The van der Waals surface area contributed by atoms with Gasteiger partial charge in [-0.25, -0.2) is 0 Å². The van der Waals surface area contributed by atoms with Crippen molar-refractivity contribution in [2.75, 3.05) is 13.7 Å². The van der Waals surface area contributed by atoms with Crippen LogP contribution in [-0.2, 0) is 9.53 Å². The van der Waals surface area contributed by atoms with E-state index in [1.165, 1.54) is 19.2 Å². The Labute approximate surface area is 111 Å². The topological polar surface area (TPSA) is 81.5 Å². The zero-order valence-corrected chi connectivity index (χ0v) is 11.3. The number of nitro groups is 1. The number of aryl methyl sites for hydroxylation is 1. The van der Waals surface area contributed by atoms with Crippen LogP contribution in [0.5, 0.6) is 0 Å². The molecule has 0 aliphatic rings. The summed E-state index contributed by atoms with van der Waals surface area (Å²) in [5.41, 5.74) is 1.71. The van der Waals surface area contributed by atoms with Gasteiger partial charge in [-0.15, -0.1) is 0 Å². The maximum atomic E-state index is 11.4. The number of nitro benzene ring substituents is 1. The summed E-state index contributed by atoms with van der Waals surface area (Å²) < 4.78 is 4.66. The number of methoxy groups -OCH3 is 1. The highest BCUT2D eigenvalue weighted by atomic mass is 16.6. The standard InChI is InChI=1S/C13H18N2O4/c1-4-14-12(8-13(16)19-3)11-6-5-10(15(17)18)7-9(11)2/h5-7,12,14H,4,8H2,1-3H3. The Kier molecular flexibility index (Phi) is 5.44. The Morgan fingerprint density at radius 2 is 2.21 bits per heavy atom. The Morgan fingerprint density at radius 3 is 2.68 bits per heavy atom. The molecule has 0 spiro atoms. The van der Waals surface area contributed by atoms with Crippen LogP contribution in [0.1, 0.15) is 30.5 Å². The summed E-state index contributed by atoms with van der Waals surface area (Å²) in [6, 6.07) is 4.45. The van der Waals surface area contributed by atoms with Crippen LogP contribution in [0.4, 0.5) is 5.69 Å². The van der Waals surface area contributed by atoms with E-state index in [2.05, 4.69) is 10.1 Å². The van der Waals surface area contributed by atoms with E-state index in [1.807, 2.05) is 6.92 Å². The fourth-order valence-corrected chi connectivity index (χ4v) is 1.95. The van der Waals surface area contributed by atoms with Crippen molar-refractivity contribution in [3.63, 3.8) is 0 Å². The lowest BCUT2D eigenvalue weighted by molar-refractivity contribution is -0.384. The molecule has 104 valence electrons. The van der Waals surface area contributed by atoms with Crippen LogP contribution in [0.2, 0.25) is 0 Å². The summed E-state index contributed by atoms with van der Waals surface area (Å²) >= 11 is 0. The highest BCUT2D eigenvalue weighted by Crippen LogP contribution is 2.25. The Morgan fingerprint density at radius 1 is 1.53 bits per heavy atom. The van der Waals surface area contributed by atoms with Crippen molar-refractivity contribution in [3.8, 4) is 0 Å². The van der Waals surface area contributed by atoms with Crippen LogP contribution < -0.4 is 5.32 Å². The van der Waals surface area contributed by atoms with E-state index in [1.54, 1.807) is 13.0 Å². The molecule has 1 rings (SSSR count). The van der Waals surface area contributed by atoms with Crippen molar-refractivity contribution in [2.24, 2.45) is 0 Å². The van der Waals surface area contributed by atoms with E-state index >= 15 is 0 Å². The number of nitrogens with zero attached hydrogens (tertiary/aromatic N) is 1. The van der Waals surface area contributed by atoms with Gasteiger partial charge in [0.2, 0.25) is 0 Å². The minimum absolute atomic E-state index is 0.0505. The molecule has 0 radical (unpaired) electrons. The number of benzene rings is 1. The van der Waals surface area contributed by atoms with Gasteiger partial charge in [0.05, 0.1) is 18.5 Å². The van der Waals surface area contributed by atoms with Gasteiger partial charge in [0.25, 0.3) is 5.69 Å². The van der Waals surface area contributed by atoms with E-state index in [-0.39, 0.29) is 24.1 Å². The van der Waals surface area contributed by atoms with Gasteiger partial charge in [0.1, 0.15) is 0 Å². The van der Waals surface area contributed by atoms with Gasteiger partial charge in [0, 0.05) is 18.2 Å². The van der Waals surface area contributed by atoms with Gasteiger partial charge in [-0.2, -0.15) is 0 Å². The molecule has 0 saturated carbocycles. The molecule has 0 bridgehead atoms. The molecule has 6 nitrogen and oxygen atoms in total. The number of rotatable bonds is 6. The van der Waals surface area contributed by atoms with E-state index in [0.29, 0.717) is 6.54 Å². The van der Waals surface area contributed by atoms with E-state index < -0.39 is 4.92 Å². The number of ether oxygens (including phenoxy) is 1. The third-order valence-corrected chi connectivity index (χ3v) is 2.89. The third kappa shape index (κ3) is 4.03. The lowest BCUT2D eigenvalue weighted by Gasteiger charge is -2.19. The Balaban J connectivity index is 3.02. The summed E-state index contributed by atoms with van der Waals surface area (Å²) in [5, 5.41) is 13.9. The van der Waals surface area contributed by atoms with E-state index in [9.17, 15) is 14.9 Å². The summed E-state index contributed by atoms with van der Waals surface area (Å²) in [7, 11) is 1.34. The number of nitrogens with one attached hydrogen (secondary N) is 1. The minimum atomic E-state index is -0.431. The Bertz CT molecular complexity index is 474. The SMILES string of the molecule is CCNC(CC(=O)OC)c1ccc([N+](=O)[O-])cc1C. The minimum Gasteiger partial charge on any atom is -0.469 e. The summed E-state index contributed by atoms with van der Waals surface area (Å²) in [4.78, 5) is 21.7. The highest BCUT2D eigenvalue weighted by Gasteiger charge is 2.19. The second-order valence-electron chi connectivity index (χ2n) is 4.19. The molecular weight excluding hydrogens is 248 g/mol. The molecule has 19 heavy (non-hydrogen) atoms. The molecule has 1 aromatic carbocycles. The fraction of sp³-hybridized carbons (Fsp3) is 0.462. The molecule has 1 atom stereocenters. The molecule has 0 aliphatic carbocycles. The first-order valence-electron chi connectivity index (χ1n) is 6.04. The number of carbonyl (C=O) groups excluding carboxylic acids is 1. The van der Waals surface area contributed by atoms with Crippen LogP contribution in [-0.4, -0.2) is 24.5 Å². The van der Waals surface area contributed by atoms with Gasteiger partial charge in [-0.3, -0.25) is 14.9 Å². The summed E-state index contributed by atoms with van der Waals surface area (Å²) in [6.45, 7) is 4.42. The predicted octanol–water partition coefficient (Wildman–Crippen LogP) is 2.12. The van der Waals surface area contributed by atoms with Gasteiger partial charge in [-0.05, 0) is 24.6 Å². The second-order valence-corrected chi connectivity index (χ2v) is 4.19. The fourth-order valence-electron chi connectivity index (χ4n) is 1.95. The molecule has 6 heteroatoms. The number of non-ortho nitro benzene ring substituents is 1. The number of carbonyl (C=O) groups is 1. The molecule has 1 aromatic rings. The van der Waals surface area contributed by atoms with Gasteiger partial charge in [0.15, 0.2) is 0 Å². The molecule has 1 N–H and O–H groups in total. The monoisotopic (exact) mass is 266 g/mol. The van der Waals surface area contributed by atoms with Crippen molar-refractivity contribution in [2.45, 2.75) is 26.3 Å². The first-order valence-corrected chi connectivity index (χ1v) is 6.04. The van der Waals surface area contributed by atoms with E-state index in [4.69, 9.17) is 0 Å². The van der Waals surface area contributed by atoms with Crippen molar-refractivity contribution < 1.29 is 14.5 Å². The van der Waals surface area contributed by atoms with Gasteiger partial charge >= 0.3 is 5.97 Å². The molecule has 0 fully saturated rings. The van der Waals surface area contributed by atoms with Crippen molar-refractivity contribution >= 4 is 11.7 Å². The zero-order chi connectivity index (χ0) is 14.4. The van der Waals surface area contributed by atoms with Crippen molar-refractivity contribution in [3.05, 3.63) is 39.4 Å². The van der Waals surface area contributed by atoms with Crippen LogP contribution >= 0.6 is 0 Å². The van der Waals surface area contributed by atoms with Gasteiger partial charge in [-0.1, -0.05) is 13.0 Å². The molecule has 0 aromatic heterocycles. The predicted molar refractivity (Wildman–Crippen MR) is 70.9 cm³/mol. The molecule has 0 heterocycles. The summed E-state index contributed by atoms with van der Waals surface area (Å²) in [5.74, 6) is -0.316. The molecule has 1 unspecified atom stereocenters. The number of hydrogen-bond donors (Lipinski definition) is 1. The van der Waals surface area contributed by atoms with E-state index in [0.717, 1.165) is 11.1 Å². The van der Waals surface area contributed by atoms with Gasteiger partial charge < -0.3 is 10.1 Å². The third-order valence-electron chi connectivity index (χ3n) is 2.89. The maximum absolute atomic E-state index is 11.4. The van der Waals surface area contributed by atoms with Crippen LogP contribution in [0, 0.1) is 17.0 Å². The van der Waals surface area contributed by atoms with Crippen molar-refractivity contribution in [1.29, 1.82) is 0 Å². The molecular formula is C13H18N2O4. The highest BCUT2D eigenvalue weighted by molar-refractivity contribution is 5.70. The molecule has 0 amide bonds. The lowest BCUT2D eigenvalue weighted by atomic mass is 9.98. The first kappa shape index (κ1) is 15.1. The lowest BCUT2D eigenvalue weighted by Crippen LogP contribution is -2.24. The normalized spacial score (nSPS) is 11.9. The van der Waals surface area contributed by atoms with Crippen LogP contribution in [0.15, 0.2) is 18.2 Å². The number of hydrogen-bond acceptors (Lipinski definition) is 5. The largest absolute Gasteiger partial charge is 0.469 e. The Hall–Kier alpha value is -1.95. The van der Waals surface area contributed by atoms with Crippen LogP contribution in [0.25, 0.3) is 0 Å². The average molecular weight is 266 g/mol. The van der Waals surface area contributed by atoms with Crippen LogP contribution in [0.3, 0.4) is 0 Å². The first-order chi connectivity index (χ1) is 8.99. The zero-order valence-electron chi connectivity index (χ0n) is 11.3. The molecule has 0 aliphatic heterocycles. The maximum Gasteiger partial charge on any atom is 0.307 e. The molecule has 0 saturated heterocycles.